The van der Waals surface area contributed by atoms with Gasteiger partial charge in [0.15, 0.2) is 0 Å². The van der Waals surface area contributed by atoms with Gasteiger partial charge in [-0.25, -0.2) is 0 Å². The number of benzene rings is 1. The summed E-state index contributed by atoms with van der Waals surface area (Å²) in [5.41, 5.74) is 1.37. The van der Waals surface area contributed by atoms with E-state index in [0.29, 0.717) is 12.1 Å². The van der Waals surface area contributed by atoms with Crippen molar-refractivity contribution in [3.63, 3.8) is 0 Å². The molecule has 0 bridgehead atoms. The van der Waals surface area contributed by atoms with Gasteiger partial charge in [0.1, 0.15) is 5.75 Å². The van der Waals surface area contributed by atoms with Crippen molar-refractivity contribution in [2.75, 3.05) is 19.6 Å². The molecule has 118 valence electrons. The van der Waals surface area contributed by atoms with E-state index in [-0.39, 0.29) is 12.4 Å². The Morgan fingerprint density at radius 1 is 1.29 bits per heavy atom. The van der Waals surface area contributed by atoms with Crippen molar-refractivity contribution in [1.29, 1.82) is 0 Å². The van der Waals surface area contributed by atoms with Crippen molar-refractivity contribution in [2.24, 2.45) is 0 Å². The summed E-state index contributed by atoms with van der Waals surface area (Å²) < 4.78 is 6.10. The third kappa shape index (κ3) is 4.87. The Labute approximate surface area is 134 Å². The molecule has 0 spiro atoms. The Bertz CT molecular complexity index is 435. The van der Waals surface area contributed by atoms with Crippen LogP contribution in [0.25, 0.3) is 0 Å². The molecular weight excluding hydrogens is 284 g/mol. The van der Waals surface area contributed by atoms with Gasteiger partial charge in [0.25, 0.3) is 0 Å². The minimum atomic E-state index is 0. The van der Waals surface area contributed by atoms with Gasteiger partial charge in [-0.2, -0.15) is 0 Å². The Balaban J connectivity index is 0.00000161. The van der Waals surface area contributed by atoms with Crippen molar-refractivity contribution in [3.8, 4) is 5.75 Å². The first kappa shape index (κ1) is 16.6. The van der Waals surface area contributed by atoms with Crippen LogP contribution in [0, 0.1) is 0 Å². The summed E-state index contributed by atoms with van der Waals surface area (Å²) in [5.74, 6) is 1.05. The van der Waals surface area contributed by atoms with Crippen molar-refractivity contribution in [3.05, 3.63) is 29.8 Å². The number of halogens is 1. The highest BCUT2D eigenvalue weighted by Crippen LogP contribution is 2.25. The van der Waals surface area contributed by atoms with Crippen LogP contribution >= 0.6 is 12.4 Å². The van der Waals surface area contributed by atoms with E-state index in [2.05, 4.69) is 41.4 Å². The molecule has 3 nitrogen and oxygen atoms in total. The lowest BCUT2D eigenvalue weighted by Crippen LogP contribution is -2.48. The number of nitrogens with one attached hydrogen (secondary N) is 1. The predicted molar refractivity (Wildman–Crippen MR) is 89.3 cm³/mol. The normalized spacial score (nSPS) is 23.8. The maximum atomic E-state index is 6.10. The van der Waals surface area contributed by atoms with Gasteiger partial charge in [-0.3, -0.25) is 4.90 Å². The quantitative estimate of drug-likeness (QED) is 0.924. The second kappa shape index (κ2) is 8.02. The molecule has 0 amide bonds. The van der Waals surface area contributed by atoms with E-state index in [9.17, 15) is 0 Å². The largest absolute Gasteiger partial charge is 0.490 e. The summed E-state index contributed by atoms with van der Waals surface area (Å²) >= 11 is 0. The molecule has 1 saturated heterocycles. The van der Waals surface area contributed by atoms with E-state index in [1.807, 2.05) is 0 Å². The summed E-state index contributed by atoms with van der Waals surface area (Å²) in [7, 11) is 0. The zero-order valence-corrected chi connectivity index (χ0v) is 13.7. The van der Waals surface area contributed by atoms with Gasteiger partial charge in [-0.1, -0.05) is 12.1 Å². The molecule has 21 heavy (non-hydrogen) atoms. The van der Waals surface area contributed by atoms with E-state index in [4.69, 9.17) is 4.74 Å². The summed E-state index contributed by atoms with van der Waals surface area (Å²) in [6.45, 7) is 6.66. The molecule has 1 heterocycles. The molecule has 2 aliphatic rings. The van der Waals surface area contributed by atoms with Crippen LogP contribution in [-0.2, 0) is 6.54 Å². The maximum Gasteiger partial charge on any atom is 0.120 e. The third-order valence-electron chi connectivity index (χ3n) is 4.36. The van der Waals surface area contributed by atoms with Crippen LogP contribution in [0.4, 0.5) is 0 Å². The first-order valence-corrected chi connectivity index (χ1v) is 8.01. The zero-order valence-electron chi connectivity index (χ0n) is 12.9. The minimum Gasteiger partial charge on any atom is -0.490 e. The van der Waals surface area contributed by atoms with Crippen molar-refractivity contribution >= 4 is 12.4 Å². The number of hydrogen-bond acceptors (Lipinski definition) is 3. The summed E-state index contributed by atoms with van der Waals surface area (Å²) in [4.78, 5) is 2.52. The van der Waals surface area contributed by atoms with Crippen molar-refractivity contribution in [1.82, 2.24) is 10.2 Å². The highest BCUT2D eigenvalue weighted by atomic mass is 35.5. The van der Waals surface area contributed by atoms with E-state index < -0.39 is 0 Å². The minimum absolute atomic E-state index is 0. The lowest BCUT2D eigenvalue weighted by atomic mass is 10.1. The third-order valence-corrected chi connectivity index (χ3v) is 4.36. The van der Waals surface area contributed by atoms with Crippen molar-refractivity contribution < 1.29 is 4.74 Å². The van der Waals surface area contributed by atoms with Crippen LogP contribution in [0.15, 0.2) is 24.3 Å². The van der Waals surface area contributed by atoms with Crippen molar-refractivity contribution in [2.45, 2.75) is 51.3 Å². The van der Waals surface area contributed by atoms with E-state index in [0.717, 1.165) is 31.9 Å². The fourth-order valence-electron chi connectivity index (χ4n) is 3.33. The Morgan fingerprint density at radius 2 is 2.10 bits per heavy atom. The molecular formula is C17H27ClN2O. The van der Waals surface area contributed by atoms with Gasteiger partial charge in [0.05, 0.1) is 6.10 Å². The molecule has 0 radical (unpaired) electrons. The molecule has 3 rings (SSSR count). The summed E-state index contributed by atoms with van der Waals surface area (Å²) in [6.07, 6.45) is 5.54. The fraction of sp³-hybridized carbons (Fsp3) is 0.647. The highest BCUT2D eigenvalue weighted by molar-refractivity contribution is 5.85. The average molecular weight is 311 g/mol. The van der Waals surface area contributed by atoms with E-state index in [1.54, 1.807) is 0 Å². The molecule has 2 fully saturated rings. The number of nitrogens with zero attached hydrogens (tertiary/aromatic N) is 1. The summed E-state index contributed by atoms with van der Waals surface area (Å²) in [6, 6.07) is 9.27. The van der Waals surface area contributed by atoms with Crippen LogP contribution < -0.4 is 10.1 Å². The molecule has 1 N–H and O–H groups in total. The topological polar surface area (TPSA) is 24.5 Å². The summed E-state index contributed by atoms with van der Waals surface area (Å²) in [5, 5.41) is 3.49. The molecule has 1 aliphatic heterocycles. The first-order valence-electron chi connectivity index (χ1n) is 8.01. The molecule has 1 aliphatic carbocycles. The molecule has 1 aromatic rings. The van der Waals surface area contributed by atoms with Crippen LogP contribution in [0.5, 0.6) is 5.75 Å². The Kier molecular flexibility index (Phi) is 6.34. The van der Waals surface area contributed by atoms with Gasteiger partial charge in [-0.15, -0.1) is 12.4 Å². The van der Waals surface area contributed by atoms with Crippen LogP contribution in [-0.4, -0.2) is 36.7 Å². The molecule has 1 unspecified atom stereocenters. The number of piperazine rings is 1. The van der Waals surface area contributed by atoms with Crippen LogP contribution in [0.1, 0.15) is 38.2 Å². The molecule has 1 saturated carbocycles. The van der Waals surface area contributed by atoms with Crippen LogP contribution in [0.3, 0.4) is 0 Å². The second-order valence-electron chi connectivity index (χ2n) is 6.26. The SMILES string of the molecule is CC1CN(Cc2cccc(OC3CCCC3)c2)CCN1.Cl. The fourth-order valence-corrected chi connectivity index (χ4v) is 3.33. The predicted octanol–water partition coefficient (Wildman–Crippen LogP) is 3.22. The van der Waals surface area contributed by atoms with Gasteiger partial charge in [-0.05, 0) is 50.3 Å². The van der Waals surface area contributed by atoms with Crippen LogP contribution in [0.2, 0.25) is 0 Å². The standard InChI is InChI=1S/C17H26N2O.ClH/c1-14-12-19(10-9-18-14)13-15-5-4-8-17(11-15)20-16-6-2-3-7-16;/h4-5,8,11,14,16,18H,2-3,6-7,9-10,12-13H2,1H3;1H. The molecule has 4 heteroatoms. The highest BCUT2D eigenvalue weighted by Gasteiger charge is 2.18. The molecule has 1 atom stereocenters. The Hall–Kier alpha value is -0.770. The first-order chi connectivity index (χ1) is 9.79. The van der Waals surface area contributed by atoms with Gasteiger partial charge >= 0.3 is 0 Å². The maximum absolute atomic E-state index is 6.10. The smallest absolute Gasteiger partial charge is 0.120 e. The van der Waals surface area contributed by atoms with Gasteiger partial charge < -0.3 is 10.1 Å². The Morgan fingerprint density at radius 3 is 2.86 bits per heavy atom. The molecule has 1 aromatic carbocycles. The van der Waals surface area contributed by atoms with E-state index in [1.165, 1.54) is 31.2 Å². The monoisotopic (exact) mass is 310 g/mol. The number of rotatable bonds is 4. The van der Waals surface area contributed by atoms with Gasteiger partial charge in [0.2, 0.25) is 0 Å². The van der Waals surface area contributed by atoms with Gasteiger partial charge in [0, 0.05) is 32.2 Å². The van der Waals surface area contributed by atoms with E-state index >= 15 is 0 Å². The zero-order chi connectivity index (χ0) is 13.8. The lowest BCUT2D eigenvalue weighted by molar-refractivity contribution is 0.197. The molecule has 0 aromatic heterocycles. The number of hydrogen-bond donors (Lipinski definition) is 1. The number of ether oxygens (including phenoxy) is 1. The lowest BCUT2D eigenvalue weighted by Gasteiger charge is -2.31. The second-order valence-corrected chi connectivity index (χ2v) is 6.26. The average Bonchev–Trinajstić information content (AvgIpc) is 2.92.